The Kier molecular flexibility index (Phi) is 4.93. The third-order valence-corrected chi connectivity index (χ3v) is 3.32. The molecule has 2 rings (SSSR count). The molecule has 0 saturated heterocycles. The molecule has 0 spiro atoms. The number of rotatable bonds is 5. The van der Waals surface area contributed by atoms with Gasteiger partial charge in [-0.3, -0.25) is 0 Å². The van der Waals surface area contributed by atoms with E-state index in [4.69, 9.17) is 0 Å². The minimum Gasteiger partial charge on any atom is -0.394 e. The Labute approximate surface area is 116 Å². The van der Waals surface area contributed by atoms with Crippen LogP contribution in [0.5, 0.6) is 0 Å². The number of hydrogen-bond acceptors (Lipinski definition) is 2. The summed E-state index contributed by atoms with van der Waals surface area (Å²) in [5, 5.41) is 12.8. The van der Waals surface area contributed by atoms with E-state index in [0.717, 1.165) is 16.6 Å². The zero-order valence-electron chi connectivity index (χ0n) is 10.0. The predicted octanol–water partition coefficient (Wildman–Crippen LogP) is 3.27. The average molecular weight is 306 g/mol. The molecule has 0 fully saturated rings. The Morgan fingerprint density at radius 3 is 2.50 bits per heavy atom. The van der Waals surface area contributed by atoms with Crippen molar-refractivity contribution < 1.29 is 5.11 Å². The van der Waals surface area contributed by atoms with Crippen molar-refractivity contribution in [3.05, 3.63) is 70.2 Å². The van der Waals surface area contributed by atoms with Crippen LogP contribution >= 0.6 is 15.9 Å². The summed E-state index contributed by atoms with van der Waals surface area (Å²) < 4.78 is 1.03. The first-order valence-corrected chi connectivity index (χ1v) is 6.72. The van der Waals surface area contributed by atoms with Crippen molar-refractivity contribution >= 4 is 15.9 Å². The fraction of sp³-hybridized carbons (Fsp3) is 0.200. The number of aliphatic hydroxyl groups is 1. The van der Waals surface area contributed by atoms with Gasteiger partial charge in [-0.25, -0.2) is 0 Å². The largest absolute Gasteiger partial charge is 0.394 e. The van der Waals surface area contributed by atoms with Gasteiger partial charge >= 0.3 is 0 Å². The molecule has 0 aliphatic carbocycles. The zero-order valence-corrected chi connectivity index (χ0v) is 11.6. The maximum atomic E-state index is 9.47. The van der Waals surface area contributed by atoms with Crippen molar-refractivity contribution in [1.29, 1.82) is 0 Å². The van der Waals surface area contributed by atoms with E-state index in [2.05, 4.69) is 33.4 Å². The van der Waals surface area contributed by atoms with E-state index >= 15 is 0 Å². The van der Waals surface area contributed by atoms with Crippen LogP contribution in [0.25, 0.3) is 0 Å². The van der Waals surface area contributed by atoms with E-state index in [0.29, 0.717) is 0 Å². The van der Waals surface area contributed by atoms with E-state index in [1.807, 2.05) is 42.5 Å². The molecule has 2 aromatic rings. The second-order valence-corrected chi connectivity index (χ2v) is 5.07. The van der Waals surface area contributed by atoms with Gasteiger partial charge in [0.05, 0.1) is 12.6 Å². The lowest BCUT2D eigenvalue weighted by molar-refractivity contribution is 0.243. The highest BCUT2D eigenvalue weighted by molar-refractivity contribution is 9.10. The number of aliphatic hydroxyl groups excluding tert-OH is 1. The van der Waals surface area contributed by atoms with Crippen LogP contribution in [-0.2, 0) is 6.54 Å². The summed E-state index contributed by atoms with van der Waals surface area (Å²) in [5.74, 6) is 0. The molecule has 94 valence electrons. The standard InChI is InChI=1S/C15H16BrNO/c16-14-8-4-7-13(9-14)15(11-18)17-10-12-5-2-1-3-6-12/h1-9,15,17-18H,10-11H2. The van der Waals surface area contributed by atoms with Crippen molar-refractivity contribution in [2.75, 3.05) is 6.61 Å². The molecular weight excluding hydrogens is 290 g/mol. The summed E-state index contributed by atoms with van der Waals surface area (Å²) in [5.41, 5.74) is 2.30. The molecule has 0 aliphatic heterocycles. The maximum absolute atomic E-state index is 9.47. The van der Waals surface area contributed by atoms with Crippen molar-refractivity contribution in [3.8, 4) is 0 Å². The first-order chi connectivity index (χ1) is 8.79. The Bertz CT molecular complexity index is 487. The Hall–Kier alpha value is -1.16. The molecule has 2 nitrogen and oxygen atoms in total. The fourth-order valence-corrected chi connectivity index (χ4v) is 2.27. The lowest BCUT2D eigenvalue weighted by Gasteiger charge is -2.17. The van der Waals surface area contributed by atoms with Crippen LogP contribution in [0.3, 0.4) is 0 Å². The predicted molar refractivity (Wildman–Crippen MR) is 77.3 cm³/mol. The highest BCUT2D eigenvalue weighted by Crippen LogP contribution is 2.18. The molecule has 2 aromatic carbocycles. The lowest BCUT2D eigenvalue weighted by Crippen LogP contribution is -2.23. The summed E-state index contributed by atoms with van der Waals surface area (Å²) in [4.78, 5) is 0. The Balaban J connectivity index is 2.02. The van der Waals surface area contributed by atoms with Gasteiger partial charge in [0.2, 0.25) is 0 Å². The monoisotopic (exact) mass is 305 g/mol. The SMILES string of the molecule is OCC(NCc1ccccc1)c1cccc(Br)c1. The van der Waals surface area contributed by atoms with Crippen LogP contribution in [0.4, 0.5) is 0 Å². The third kappa shape index (κ3) is 3.67. The van der Waals surface area contributed by atoms with Gasteiger partial charge < -0.3 is 10.4 Å². The van der Waals surface area contributed by atoms with Gasteiger partial charge in [0, 0.05) is 11.0 Å². The van der Waals surface area contributed by atoms with Crippen LogP contribution in [0.1, 0.15) is 17.2 Å². The topological polar surface area (TPSA) is 32.3 Å². The molecular formula is C15H16BrNO. The number of hydrogen-bond donors (Lipinski definition) is 2. The van der Waals surface area contributed by atoms with Crippen LogP contribution in [0.15, 0.2) is 59.1 Å². The molecule has 0 amide bonds. The summed E-state index contributed by atoms with van der Waals surface area (Å²) in [7, 11) is 0. The molecule has 0 aliphatic rings. The number of nitrogens with one attached hydrogen (secondary N) is 1. The van der Waals surface area contributed by atoms with Crippen molar-refractivity contribution in [1.82, 2.24) is 5.32 Å². The highest BCUT2D eigenvalue weighted by atomic mass is 79.9. The van der Waals surface area contributed by atoms with Gasteiger partial charge in [0.25, 0.3) is 0 Å². The van der Waals surface area contributed by atoms with E-state index in [1.54, 1.807) is 0 Å². The summed E-state index contributed by atoms with van der Waals surface area (Å²) in [6.45, 7) is 0.835. The molecule has 2 N–H and O–H groups in total. The molecule has 0 saturated carbocycles. The van der Waals surface area contributed by atoms with Crippen LogP contribution in [0, 0.1) is 0 Å². The zero-order chi connectivity index (χ0) is 12.8. The van der Waals surface area contributed by atoms with Crippen molar-refractivity contribution in [2.24, 2.45) is 0 Å². The Morgan fingerprint density at radius 2 is 1.83 bits per heavy atom. The van der Waals surface area contributed by atoms with E-state index in [1.165, 1.54) is 5.56 Å². The van der Waals surface area contributed by atoms with E-state index in [-0.39, 0.29) is 12.6 Å². The summed E-state index contributed by atoms with van der Waals surface area (Å²) in [6.07, 6.45) is 0. The minimum atomic E-state index is -0.0392. The smallest absolute Gasteiger partial charge is 0.0626 e. The quantitative estimate of drug-likeness (QED) is 0.888. The van der Waals surface area contributed by atoms with Crippen molar-refractivity contribution in [2.45, 2.75) is 12.6 Å². The molecule has 0 aromatic heterocycles. The highest BCUT2D eigenvalue weighted by Gasteiger charge is 2.09. The van der Waals surface area contributed by atoms with Gasteiger partial charge in [-0.1, -0.05) is 58.4 Å². The fourth-order valence-electron chi connectivity index (χ4n) is 1.85. The Morgan fingerprint density at radius 1 is 1.06 bits per heavy atom. The molecule has 1 atom stereocenters. The van der Waals surface area contributed by atoms with Crippen LogP contribution < -0.4 is 5.32 Å². The molecule has 3 heteroatoms. The van der Waals surface area contributed by atoms with Gasteiger partial charge in [-0.2, -0.15) is 0 Å². The number of halogens is 1. The first kappa shape index (κ1) is 13.3. The summed E-state index contributed by atoms with van der Waals surface area (Å²) in [6, 6.07) is 18.1. The second kappa shape index (κ2) is 6.69. The molecule has 1 unspecified atom stereocenters. The first-order valence-electron chi connectivity index (χ1n) is 5.93. The van der Waals surface area contributed by atoms with Gasteiger partial charge in [-0.15, -0.1) is 0 Å². The van der Waals surface area contributed by atoms with Crippen molar-refractivity contribution in [3.63, 3.8) is 0 Å². The molecule has 18 heavy (non-hydrogen) atoms. The average Bonchev–Trinajstić information content (AvgIpc) is 2.41. The third-order valence-electron chi connectivity index (χ3n) is 2.83. The van der Waals surface area contributed by atoms with Gasteiger partial charge in [-0.05, 0) is 23.3 Å². The van der Waals surface area contributed by atoms with E-state index < -0.39 is 0 Å². The minimum absolute atomic E-state index is 0.0392. The molecule has 0 bridgehead atoms. The molecule has 0 heterocycles. The maximum Gasteiger partial charge on any atom is 0.0626 e. The second-order valence-electron chi connectivity index (χ2n) is 4.16. The number of benzene rings is 2. The van der Waals surface area contributed by atoms with E-state index in [9.17, 15) is 5.11 Å². The van der Waals surface area contributed by atoms with Gasteiger partial charge in [0.1, 0.15) is 0 Å². The van der Waals surface area contributed by atoms with Crippen LogP contribution in [0.2, 0.25) is 0 Å². The van der Waals surface area contributed by atoms with Gasteiger partial charge in [0.15, 0.2) is 0 Å². The molecule has 0 radical (unpaired) electrons. The lowest BCUT2D eigenvalue weighted by atomic mass is 10.1. The normalized spacial score (nSPS) is 12.3. The van der Waals surface area contributed by atoms with Crippen LogP contribution in [-0.4, -0.2) is 11.7 Å². The summed E-state index contributed by atoms with van der Waals surface area (Å²) >= 11 is 3.45.